The zero-order valence-corrected chi connectivity index (χ0v) is 16.7. The number of hydrogen-bond acceptors (Lipinski definition) is 2. The Morgan fingerprint density at radius 2 is 1.71 bits per heavy atom. The average molecular weight is 373 g/mol. The second kappa shape index (κ2) is 7.75. The number of amides is 1. The van der Waals surface area contributed by atoms with Gasteiger partial charge >= 0.3 is 0 Å². The van der Waals surface area contributed by atoms with E-state index >= 15 is 0 Å². The third-order valence-corrected chi connectivity index (χ3v) is 6.37. The molecule has 3 aromatic rings. The van der Waals surface area contributed by atoms with Gasteiger partial charge in [0.05, 0.1) is 17.4 Å². The molecule has 1 heterocycles. The lowest BCUT2D eigenvalue weighted by Crippen LogP contribution is -2.30. The smallest absolute Gasteiger partial charge is 0.255 e. The molecule has 0 spiro atoms. The summed E-state index contributed by atoms with van der Waals surface area (Å²) < 4.78 is 0. The number of aromatic nitrogens is 1. The van der Waals surface area contributed by atoms with Crippen LogP contribution < -0.4 is 5.32 Å². The number of hydrogen-bond donors (Lipinski definition) is 1. The zero-order chi connectivity index (χ0) is 19.6. The normalized spacial score (nSPS) is 15.5. The van der Waals surface area contributed by atoms with Gasteiger partial charge in [0.15, 0.2) is 0 Å². The highest BCUT2D eigenvalue weighted by atomic mass is 16.1. The first-order valence-electron chi connectivity index (χ1n) is 10.3. The van der Waals surface area contributed by atoms with Crippen LogP contribution in [0.3, 0.4) is 0 Å². The molecule has 0 bridgehead atoms. The van der Waals surface area contributed by atoms with Crippen LogP contribution in [0.4, 0.5) is 5.69 Å². The summed E-state index contributed by atoms with van der Waals surface area (Å²) in [6.45, 7) is 4.69. The molecule has 1 aliphatic rings. The van der Waals surface area contributed by atoms with Crippen LogP contribution in [0.5, 0.6) is 0 Å². The average Bonchev–Trinajstić information content (AvgIpc) is 2.74. The van der Waals surface area contributed by atoms with Crippen LogP contribution in [0.25, 0.3) is 10.9 Å². The maximum absolute atomic E-state index is 12.7. The molecule has 0 unspecified atom stereocenters. The van der Waals surface area contributed by atoms with Gasteiger partial charge in [-0.2, -0.15) is 0 Å². The second-order valence-electron chi connectivity index (χ2n) is 8.50. The van der Waals surface area contributed by atoms with Gasteiger partial charge in [0, 0.05) is 10.9 Å². The van der Waals surface area contributed by atoms with Gasteiger partial charge < -0.3 is 5.32 Å². The number of carbonyl (C=O) groups is 1. The first kappa shape index (κ1) is 18.7. The van der Waals surface area contributed by atoms with E-state index in [0.717, 1.165) is 22.5 Å². The molecule has 1 fully saturated rings. The van der Waals surface area contributed by atoms with Crippen molar-refractivity contribution >= 4 is 22.5 Å². The number of anilines is 1. The van der Waals surface area contributed by atoms with Gasteiger partial charge in [0.1, 0.15) is 0 Å². The van der Waals surface area contributed by atoms with Crippen molar-refractivity contribution in [3.63, 3.8) is 0 Å². The van der Waals surface area contributed by atoms with Gasteiger partial charge in [-0.15, -0.1) is 0 Å². The Kier molecular flexibility index (Phi) is 5.17. The first-order valence-corrected chi connectivity index (χ1v) is 10.3. The van der Waals surface area contributed by atoms with E-state index in [-0.39, 0.29) is 11.3 Å². The molecule has 3 nitrogen and oxygen atoms in total. The molecular weight excluding hydrogens is 344 g/mol. The van der Waals surface area contributed by atoms with E-state index in [1.807, 2.05) is 42.5 Å². The van der Waals surface area contributed by atoms with Crippen molar-refractivity contribution in [2.75, 3.05) is 5.32 Å². The summed E-state index contributed by atoms with van der Waals surface area (Å²) in [4.78, 5) is 17.1. The fourth-order valence-electron chi connectivity index (χ4n) is 4.45. The van der Waals surface area contributed by atoms with Gasteiger partial charge in [0.25, 0.3) is 5.91 Å². The van der Waals surface area contributed by atoms with Crippen molar-refractivity contribution in [3.8, 4) is 0 Å². The van der Waals surface area contributed by atoms with Gasteiger partial charge in [-0.25, -0.2) is 0 Å². The Morgan fingerprint density at radius 1 is 1.00 bits per heavy atom. The Morgan fingerprint density at radius 3 is 2.46 bits per heavy atom. The zero-order valence-electron chi connectivity index (χ0n) is 16.7. The molecule has 1 N–H and O–H groups in total. The summed E-state index contributed by atoms with van der Waals surface area (Å²) >= 11 is 0. The Bertz CT molecular complexity index is 969. The van der Waals surface area contributed by atoms with Crippen LogP contribution in [0.15, 0.2) is 60.8 Å². The monoisotopic (exact) mass is 372 g/mol. The highest BCUT2D eigenvalue weighted by molar-refractivity contribution is 6.04. The molecule has 2 aromatic carbocycles. The van der Waals surface area contributed by atoms with E-state index in [4.69, 9.17) is 0 Å². The van der Waals surface area contributed by atoms with Crippen molar-refractivity contribution in [2.24, 2.45) is 5.92 Å². The number of nitrogens with zero attached hydrogens (tertiary/aromatic N) is 1. The quantitative estimate of drug-likeness (QED) is 0.580. The predicted molar refractivity (Wildman–Crippen MR) is 116 cm³/mol. The van der Waals surface area contributed by atoms with E-state index in [0.29, 0.717) is 5.56 Å². The van der Waals surface area contributed by atoms with Crippen molar-refractivity contribution < 1.29 is 4.79 Å². The lowest BCUT2D eigenvalue weighted by molar-refractivity contribution is 0.102. The standard InChI is InChI=1S/C25H28N2O/c1-25(2,20-9-4-3-5-10-20)21-14-12-18(13-15-21)24(28)27-22-16-19-8-6-7-11-23(19)26-17-22/h6-8,11-17,20H,3-5,9-10H2,1-2H3,(H,27,28). The molecule has 144 valence electrons. The van der Waals surface area contributed by atoms with Gasteiger partial charge in [0.2, 0.25) is 0 Å². The number of benzene rings is 2. The van der Waals surface area contributed by atoms with Crippen molar-refractivity contribution in [1.82, 2.24) is 4.98 Å². The lowest BCUT2D eigenvalue weighted by atomic mass is 9.67. The van der Waals surface area contributed by atoms with E-state index in [2.05, 4.69) is 36.3 Å². The maximum atomic E-state index is 12.7. The molecule has 4 rings (SSSR count). The highest BCUT2D eigenvalue weighted by Gasteiger charge is 2.32. The molecule has 1 aliphatic carbocycles. The molecular formula is C25H28N2O. The van der Waals surface area contributed by atoms with E-state index in [1.165, 1.54) is 37.7 Å². The number of fused-ring (bicyclic) bond motifs is 1. The van der Waals surface area contributed by atoms with Crippen LogP contribution in [0, 0.1) is 5.92 Å². The number of nitrogens with one attached hydrogen (secondary N) is 1. The summed E-state index contributed by atoms with van der Waals surface area (Å²) in [6, 6.07) is 18.0. The summed E-state index contributed by atoms with van der Waals surface area (Å²) in [7, 11) is 0. The number of rotatable bonds is 4. The summed E-state index contributed by atoms with van der Waals surface area (Å²) in [6.07, 6.45) is 8.38. The van der Waals surface area contributed by atoms with Crippen molar-refractivity contribution in [1.29, 1.82) is 0 Å². The second-order valence-corrected chi connectivity index (χ2v) is 8.50. The number of carbonyl (C=O) groups excluding carboxylic acids is 1. The van der Waals surface area contributed by atoms with Crippen LogP contribution in [0.2, 0.25) is 0 Å². The maximum Gasteiger partial charge on any atom is 0.255 e. The SMILES string of the molecule is CC(C)(c1ccc(C(=O)Nc2cnc3ccccc3c2)cc1)C1CCCCC1. The lowest BCUT2D eigenvalue weighted by Gasteiger charge is -2.37. The van der Waals surface area contributed by atoms with E-state index in [9.17, 15) is 4.79 Å². The molecule has 0 aliphatic heterocycles. The summed E-state index contributed by atoms with van der Waals surface area (Å²) in [5, 5.41) is 3.99. The number of pyridine rings is 1. The van der Waals surface area contributed by atoms with E-state index in [1.54, 1.807) is 6.20 Å². The molecule has 3 heteroatoms. The minimum absolute atomic E-state index is 0.0981. The summed E-state index contributed by atoms with van der Waals surface area (Å²) in [5.74, 6) is 0.628. The minimum Gasteiger partial charge on any atom is -0.321 e. The van der Waals surface area contributed by atoms with Crippen molar-refractivity contribution in [2.45, 2.75) is 51.4 Å². The predicted octanol–water partition coefficient (Wildman–Crippen LogP) is 6.35. The largest absolute Gasteiger partial charge is 0.321 e. The topological polar surface area (TPSA) is 42.0 Å². The third kappa shape index (κ3) is 3.80. The molecule has 0 saturated heterocycles. The Hall–Kier alpha value is -2.68. The Balaban J connectivity index is 1.48. The van der Waals surface area contributed by atoms with E-state index < -0.39 is 0 Å². The third-order valence-electron chi connectivity index (χ3n) is 6.37. The summed E-state index contributed by atoms with van der Waals surface area (Å²) in [5.41, 5.74) is 3.79. The van der Waals surface area contributed by atoms with Crippen LogP contribution in [-0.2, 0) is 5.41 Å². The molecule has 28 heavy (non-hydrogen) atoms. The highest BCUT2D eigenvalue weighted by Crippen LogP contribution is 2.40. The minimum atomic E-state index is -0.0981. The Labute approximate surface area is 167 Å². The fourth-order valence-corrected chi connectivity index (χ4v) is 4.45. The molecule has 0 radical (unpaired) electrons. The first-order chi connectivity index (χ1) is 13.5. The molecule has 1 amide bonds. The molecule has 1 saturated carbocycles. The number of para-hydroxylation sites is 1. The van der Waals surface area contributed by atoms with Crippen LogP contribution in [-0.4, -0.2) is 10.9 Å². The molecule has 0 atom stereocenters. The van der Waals surface area contributed by atoms with Crippen LogP contribution >= 0.6 is 0 Å². The van der Waals surface area contributed by atoms with Crippen molar-refractivity contribution in [3.05, 3.63) is 71.9 Å². The van der Waals surface area contributed by atoms with Gasteiger partial charge in [-0.05, 0) is 54.0 Å². The van der Waals surface area contributed by atoms with Gasteiger partial charge in [-0.1, -0.05) is 63.4 Å². The van der Waals surface area contributed by atoms with Crippen LogP contribution in [0.1, 0.15) is 61.9 Å². The molecule has 1 aromatic heterocycles. The van der Waals surface area contributed by atoms with Gasteiger partial charge in [-0.3, -0.25) is 9.78 Å². The fraction of sp³-hybridized carbons (Fsp3) is 0.360.